The number of nitrogens with one attached hydrogen (secondary N) is 1. The highest BCUT2D eigenvalue weighted by Gasteiger charge is 2.38. The average molecular weight is 360 g/mol. The molecule has 0 saturated heterocycles. The Morgan fingerprint density at radius 3 is 2.72 bits per heavy atom. The van der Waals surface area contributed by atoms with Crippen molar-refractivity contribution in [2.24, 2.45) is 5.92 Å². The quantitative estimate of drug-likeness (QED) is 0.891. The number of anilines is 1. The molecule has 1 fully saturated rings. The van der Waals surface area contributed by atoms with E-state index < -0.39 is 0 Å². The number of furan rings is 1. The van der Waals surface area contributed by atoms with E-state index in [9.17, 15) is 4.79 Å². The van der Waals surface area contributed by atoms with Crippen molar-refractivity contribution in [2.45, 2.75) is 59.0 Å². The third kappa shape index (κ3) is 3.04. The number of carbonyl (C=O) groups is 1. The van der Waals surface area contributed by atoms with Gasteiger partial charge in [-0.2, -0.15) is 0 Å². The number of hydrogen-bond acceptors (Lipinski definition) is 3. The molecule has 1 N–H and O–H groups in total. The fourth-order valence-electron chi connectivity index (χ4n) is 4.28. The van der Waals surface area contributed by atoms with Crippen LogP contribution >= 0.6 is 11.3 Å². The third-order valence-corrected chi connectivity index (χ3v) is 7.34. The van der Waals surface area contributed by atoms with Crippen LogP contribution in [0.1, 0.15) is 59.2 Å². The van der Waals surface area contributed by atoms with Gasteiger partial charge in [-0.15, -0.1) is 11.3 Å². The highest BCUT2D eigenvalue weighted by molar-refractivity contribution is 7.16. The molecule has 4 rings (SSSR count). The maximum atomic E-state index is 13.1. The van der Waals surface area contributed by atoms with Gasteiger partial charge in [-0.1, -0.05) is 6.92 Å². The standard InChI is InChI=1S/C20H26N2O2S/c1-13-6-8-16(9-7-13)21-11-17-14(2)15(3)25-20(17)22(12-21)19(23)18-5-4-10-24-18/h4-5,10,13,16H,6-9,11-12H2,1-3H3/p+1. The number of carbonyl (C=O) groups excluding carboxylic acids is 1. The topological polar surface area (TPSA) is 37.9 Å². The lowest BCUT2D eigenvalue weighted by Gasteiger charge is -2.39. The molecule has 0 bridgehead atoms. The van der Waals surface area contributed by atoms with E-state index in [-0.39, 0.29) is 5.91 Å². The molecule has 3 heterocycles. The zero-order chi connectivity index (χ0) is 17.6. The van der Waals surface area contributed by atoms with Crippen LogP contribution in [0, 0.1) is 19.8 Å². The van der Waals surface area contributed by atoms with Crippen LogP contribution in [0.15, 0.2) is 22.8 Å². The van der Waals surface area contributed by atoms with Crippen LogP contribution in [0.5, 0.6) is 0 Å². The number of aryl methyl sites for hydroxylation is 1. The first-order chi connectivity index (χ1) is 12.0. The first-order valence-corrected chi connectivity index (χ1v) is 10.1. The molecule has 0 spiro atoms. The van der Waals surface area contributed by atoms with Gasteiger partial charge in [0.1, 0.15) is 11.5 Å². The predicted octanol–water partition coefficient (Wildman–Crippen LogP) is 3.54. The molecule has 1 unspecified atom stereocenters. The molecule has 134 valence electrons. The van der Waals surface area contributed by atoms with Gasteiger partial charge in [0.25, 0.3) is 5.91 Å². The van der Waals surface area contributed by atoms with Crippen molar-refractivity contribution < 1.29 is 14.1 Å². The Bertz CT molecular complexity index is 757. The lowest BCUT2D eigenvalue weighted by Crippen LogP contribution is -3.17. The summed E-state index contributed by atoms with van der Waals surface area (Å²) >= 11 is 1.75. The number of quaternary nitrogens is 1. The number of nitrogens with zero attached hydrogens (tertiary/aromatic N) is 1. The Balaban J connectivity index is 1.66. The highest BCUT2D eigenvalue weighted by atomic mass is 32.1. The zero-order valence-electron chi connectivity index (χ0n) is 15.3. The molecule has 25 heavy (non-hydrogen) atoms. The van der Waals surface area contributed by atoms with Gasteiger partial charge in [-0.25, -0.2) is 4.90 Å². The normalized spacial score (nSPS) is 26.5. The van der Waals surface area contributed by atoms with Gasteiger partial charge in [-0.3, -0.25) is 4.79 Å². The SMILES string of the molecule is Cc1sc2c(c1C)C[NH+](C1CCC(C)CC1)CN2C(=O)c1ccco1. The molecule has 2 aliphatic rings. The Morgan fingerprint density at radius 2 is 2.04 bits per heavy atom. The molecule has 1 aliphatic heterocycles. The summed E-state index contributed by atoms with van der Waals surface area (Å²) in [5.41, 5.74) is 2.72. The minimum atomic E-state index is -0.00567. The largest absolute Gasteiger partial charge is 0.459 e. The van der Waals surface area contributed by atoms with Gasteiger partial charge < -0.3 is 9.32 Å². The van der Waals surface area contributed by atoms with Crippen molar-refractivity contribution in [2.75, 3.05) is 11.6 Å². The van der Waals surface area contributed by atoms with E-state index in [1.165, 1.54) is 41.7 Å². The van der Waals surface area contributed by atoms with E-state index in [1.54, 1.807) is 34.6 Å². The summed E-state index contributed by atoms with van der Waals surface area (Å²) in [6, 6.07) is 4.22. The molecular formula is C20H27N2O2S+. The fraction of sp³-hybridized carbons (Fsp3) is 0.550. The number of rotatable bonds is 2. The molecule has 2 aromatic rings. The van der Waals surface area contributed by atoms with Gasteiger partial charge in [0.2, 0.25) is 0 Å². The molecule has 1 amide bonds. The van der Waals surface area contributed by atoms with Crippen LogP contribution in [-0.4, -0.2) is 18.6 Å². The van der Waals surface area contributed by atoms with Crippen molar-refractivity contribution in [1.29, 1.82) is 0 Å². The molecule has 1 atom stereocenters. The Labute approximate surface area is 153 Å². The summed E-state index contributed by atoms with van der Waals surface area (Å²) in [6.07, 6.45) is 6.76. The van der Waals surface area contributed by atoms with Gasteiger partial charge in [0.05, 0.1) is 12.3 Å². The van der Waals surface area contributed by atoms with Crippen molar-refractivity contribution in [3.8, 4) is 0 Å². The van der Waals surface area contributed by atoms with Crippen LogP contribution in [0.25, 0.3) is 0 Å². The maximum absolute atomic E-state index is 13.1. The molecule has 1 aliphatic carbocycles. The average Bonchev–Trinajstić information content (AvgIpc) is 3.24. The van der Waals surface area contributed by atoms with Crippen LogP contribution in [-0.2, 0) is 6.54 Å². The Morgan fingerprint density at radius 1 is 1.28 bits per heavy atom. The minimum absolute atomic E-state index is 0.00567. The van der Waals surface area contributed by atoms with Gasteiger partial charge in [0, 0.05) is 10.4 Å². The van der Waals surface area contributed by atoms with Gasteiger partial charge in [0.15, 0.2) is 12.4 Å². The van der Waals surface area contributed by atoms with E-state index >= 15 is 0 Å². The molecule has 0 aromatic carbocycles. The Hall–Kier alpha value is -1.59. The van der Waals surface area contributed by atoms with Gasteiger partial charge in [-0.05, 0) is 63.1 Å². The predicted molar refractivity (Wildman–Crippen MR) is 100 cm³/mol. The maximum Gasteiger partial charge on any atom is 0.298 e. The van der Waals surface area contributed by atoms with E-state index in [1.807, 2.05) is 4.90 Å². The zero-order valence-corrected chi connectivity index (χ0v) is 16.1. The van der Waals surface area contributed by atoms with Crippen molar-refractivity contribution >= 4 is 22.2 Å². The first-order valence-electron chi connectivity index (χ1n) is 9.33. The molecular weight excluding hydrogens is 332 g/mol. The highest BCUT2D eigenvalue weighted by Crippen LogP contribution is 2.37. The molecule has 2 aromatic heterocycles. The van der Waals surface area contributed by atoms with Crippen LogP contribution in [0.2, 0.25) is 0 Å². The summed E-state index contributed by atoms with van der Waals surface area (Å²) in [4.78, 5) is 17.9. The number of amides is 1. The summed E-state index contributed by atoms with van der Waals surface area (Å²) in [7, 11) is 0. The lowest BCUT2D eigenvalue weighted by atomic mass is 9.86. The summed E-state index contributed by atoms with van der Waals surface area (Å²) in [5, 5.41) is 1.13. The fourth-order valence-corrected chi connectivity index (χ4v) is 5.45. The second kappa shape index (κ2) is 6.61. The number of thiophene rings is 1. The molecule has 1 saturated carbocycles. The van der Waals surface area contributed by atoms with Crippen LogP contribution in [0.3, 0.4) is 0 Å². The Kier molecular flexibility index (Phi) is 4.46. The first kappa shape index (κ1) is 16.9. The molecule has 0 radical (unpaired) electrons. The number of hydrogen-bond donors (Lipinski definition) is 1. The minimum Gasteiger partial charge on any atom is -0.459 e. The van der Waals surface area contributed by atoms with E-state index in [2.05, 4.69) is 20.8 Å². The van der Waals surface area contributed by atoms with Gasteiger partial charge >= 0.3 is 0 Å². The monoisotopic (exact) mass is 359 g/mol. The van der Waals surface area contributed by atoms with Crippen molar-refractivity contribution in [1.82, 2.24) is 0 Å². The van der Waals surface area contributed by atoms with E-state index in [4.69, 9.17) is 4.42 Å². The van der Waals surface area contributed by atoms with E-state index in [0.29, 0.717) is 11.8 Å². The summed E-state index contributed by atoms with van der Waals surface area (Å²) < 4.78 is 5.40. The lowest BCUT2D eigenvalue weighted by molar-refractivity contribution is -0.940. The van der Waals surface area contributed by atoms with Crippen molar-refractivity contribution in [3.63, 3.8) is 0 Å². The summed E-state index contributed by atoms with van der Waals surface area (Å²) in [6.45, 7) is 8.53. The third-order valence-electron chi connectivity index (χ3n) is 6.07. The number of fused-ring (bicyclic) bond motifs is 1. The second-order valence-corrected chi connectivity index (χ2v) is 8.93. The van der Waals surface area contributed by atoms with Crippen LogP contribution < -0.4 is 9.80 Å². The molecule has 5 heteroatoms. The smallest absolute Gasteiger partial charge is 0.298 e. The molecule has 4 nitrogen and oxygen atoms in total. The van der Waals surface area contributed by atoms with E-state index in [0.717, 1.165) is 24.1 Å². The summed E-state index contributed by atoms with van der Waals surface area (Å²) in [5.74, 6) is 1.28. The van der Waals surface area contributed by atoms with Crippen LogP contribution in [0.4, 0.5) is 5.00 Å². The van der Waals surface area contributed by atoms with Crippen molar-refractivity contribution in [3.05, 3.63) is 40.2 Å². The second-order valence-electron chi connectivity index (χ2n) is 7.73.